The molecule has 0 unspecified atom stereocenters. The van der Waals surface area contributed by atoms with Gasteiger partial charge in [-0.3, -0.25) is 9.20 Å². The molecule has 8 heteroatoms. The van der Waals surface area contributed by atoms with Crippen LogP contribution < -0.4 is 4.74 Å². The summed E-state index contributed by atoms with van der Waals surface area (Å²) < 4.78 is 40.5. The van der Waals surface area contributed by atoms with E-state index in [9.17, 15) is 13.6 Å². The van der Waals surface area contributed by atoms with Crippen LogP contribution in [-0.4, -0.2) is 20.2 Å². The number of rotatable bonds is 6. The number of Topliss-reactive ketones (excluding diaryl/α,β-unsaturated/α-hetero) is 1. The third-order valence-electron chi connectivity index (χ3n) is 4.87. The van der Waals surface area contributed by atoms with Crippen LogP contribution in [0.3, 0.4) is 0 Å². The van der Waals surface area contributed by atoms with Gasteiger partial charge in [-0.2, -0.15) is 0 Å². The van der Waals surface area contributed by atoms with Crippen molar-refractivity contribution in [3.63, 3.8) is 0 Å². The Kier molecular flexibility index (Phi) is 5.07. The van der Waals surface area contributed by atoms with E-state index in [0.717, 1.165) is 5.69 Å². The van der Waals surface area contributed by atoms with Gasteiger partial charge in [-0.1, -0.05) is 6.07 Å². The lowest BCUT2D eigenvalue weighted by Crippen LogP contribution is -2.09. The molecule has 0 bridgehead atoms. The maximum Gasteiger partial charge on any atom is 0.202 e. The van der Waals surface area contributed by atoms with Crippen molar-refractivity contribution in [1.29, 1.82) is 0 Å². The topological polar surface area (TPSA) is 69.6 Å². The number of imidazole rings is 1. The summed E-state index contributed by atoms with van der Waals surface area (Å²) in [6.07, 6.45) is 1.68. The van der Waals surface area contributed by atoms with Gasteiger partial charge in [0.2, 0.25) is 5.89 Å². The lowest BCUT2D eigenvalue weighted by molar-refractivity contribution is 0.0979. The number of hydrogen-bond acceptors (Lipinski definition) is 5. The van der Waals surface area contributed by atoms with E-state index >= 15 is 0 Å². The molecule has 0 atom stereocenters. The standard InChI is InChI=1S/C22H19F2N3O3/c1-12-14(3)30-20(25-12)10-18(28)21-13(2)26-22-19(8-5-9-27(21)22)29-11-15-16(23)6-4-7-17(15)24/h4-9H,10-11H2,1-3H3. The van der Waals surface area contributed by atoms with Crippen molar-refractivity contribution in [2.75, 3.05) is 0 Å². The van der Waals surface area contributed by atoms with Crippen molar-refractivity contribution in [3.05, 3.63) is 82.5 Å². The smallest absolute Gasteiger partial charge is 0.202 e. The highest BCUT2D eigenvalue weighted by Gasteiger charge is 2.21. The molecule has 0 aliphatic rings. The number of carbonyl (C=O) groups excluding carboxylic acids is 1. The van der Waals surface area contributed by atoms with Crippen LogP contribution in [0.2, 0.25) is 0 Å². The first kappa shape index (κ1) is 19.8. The minimum Gasteiger partial charge on any atom is -0.485 e. The van der Waals surface area contributed by atoms with E-state index in [2.05, 4.69) is 9.97 Å². The van der Waals surface area contributed by atoms with Gasteiger partial charge < -0.3 is 9.15 Å². The van der Waals surface area contributed by atoms with Gasteiger partial charge >= 0.3 is 0 Å². The van der Waals surface area contributed by atoms with Gasteiger partial charge in [0.05, 0.1) is 23.4 Å². The van der Waals surface area contributed by atoms with Gasteiger partial charge in [0.15, 0.2) is 17.2 Å². The average Bonchev–Trinajstić information content (AvgIpc) is 3.19. The first-order valence-corrected chi connectivity index (χ1v) is 9.34. The summed E-state index contributed by atoms with van der Waals surface area (Å²) in [4.78, 5) is 21.6. The SMILES string of the molecule is Cc1nc(CC(=O)c2c(C)nc3c(OCc4c(F)cccc4F)cccn23)oc1C. The number of benzene rings is 1. The molecule has 3 aromatic heterocycles. The average molecular weight is 411 g/mol. The van der Waals surface area contributed by atoms with Gasteiger partial charge in [-0.25, -0.2) is 18.7 Å². The molecule has 154 valence electrons. The maximum atomic E-state index is 13.9. The van der Waals surface area contributed by atoms with Gasteiger partial charge in [-0.15, -0.1) is 0 Å². The number of oxazole rings is 1. The molecule has 0 aliphatic heterocycles. The molecule has 6 nitrogen and oxygen atoms in total. The summed E-state index contributed by atoms with van der Waals surface area (Å²) in [5.41, 5.74) is 1.83. The molecule has 4 rings (SSSR count). The zero-order chi connectivity index (χ0) is 21.4. The first-order valence-electron chi connectivity index (χ1n) is 9.34. The molecular formula is C22H19F2N3O3. The summed E-state index contributed by atoms with van der Waals surface area (Å²) in [6.45, 7) is 5.01. The van der Waals surface area contributed by atoms with Crippen molar-refractivity contribution < 1.29 is 22.7 Å². The van der Waals surface area contributed by atoms with Crippen LogP contribution in [-0.2, 0) is 13.0 Å². The molecule has 0 N–H and O–H groups in total. The number of pyridine rings is 1. The van der Waals surface area contributed by atoms with Crippen molar-refractivity contribution >= 4 is 11.4 Å². The molecule has 0 aliphatic carbocycles. The van der Waals surface area contributed by atoms with E-state index in [1.54, 1.807) is 36.6 Å². The number of nitrogens with zero attached hydrogens (tertiary/aromatic N) is 3. The number of fused-ring (bicyclic) bond motifs is 1. The lowest BCUT2D eigenvalue weighted by atomic mass is 10.2. The summed E-state index contributed by atoms with van der Waals surface area (Å²) in [6, 6.07) is 6.95. The Labute approximate surface area is 171 Å². The van der Waals surface area contributed by atoms with Crippen LogP contribution in [0.15, 0.2) is 40.9 Å². The Hall–Kier alpha value is -3.55. The second-order valence-electron chi connectivity index (χ2n) is 6.95. The number of hydrogen-bond donors (Lipinski definition) is 0. The highest BCUT2D eigenvalue weighted by molar-refractivity contribution is 5.97. The fraction of sp³-hybridized carbons (Fsp3) is 0.227. The third-order valence-corrected chi connectivity index (χ3v) is 4.87. The Morgan fingerprint density at radius 2 is 1.80 bits per heavy atom. The van der Waals surface area contributed by atoms with E-state index < -0.39 is 11.6 Å². The van der Waals surface area contributed by atoms with Crippen LogP contribution in [0.4, 0.5) is 8.78 Å². The number of ketones is 1. The minimum absolute atomic E-state index is 0.00512. The second kappa shape index (κ2) is 7.70. The molecule has 1 aromatic carbocycles. The van der Waals surface area contributed by atoms with Crippen LogP contribution in [0, 0.1) is 32.4 Å². The maximum absolute atomic E-state index is 13.9. The highest BCUT2D eigenvalue weighted by atomic mass is 19.1. The Morgan fingerprint density at radius 1 is 1.07 bits per heavy atom. The zero-order valence-electron chi connectivity index (χ0n) is 16.7. The Bertz CT molecular complexity index is 1220. The first-order chi connectivity index (χ1) is 14.3. The minimum atomic E-state index is -0.686. The molecule has 0 radical (unpaired) electrons. The number of carbonyl (C=O) groups is 1. The van der Waals surface area contributed by atoms with Gasteiger partial charge in [-0.05, 0) is 45.0 Å². The Balaban J connectivity index is 1.64. The predicted molar refractivity (Wildman–Crippen MR) is 105 cm³/mol. The fourth-order valence-electron chi connectivity index (χ4n) is 3.26. The lowest BCUT2D eigenvalue weighted by Gasteiger charge is -2.09. The third kappa shape index (κ3) is 3.56. The van der Waals surface area contributed by atoms with Gasteiger partial charge in [0, 0.05) is 6.20 Å². The summed E-state index contributed by atoms with van der Waals surface area (Å²) in [5.74, 6) is -0.262. The summed E-state index contributed by atoms with van der Waals surface area (Å²) >= 11 is 0. The molecule has 0 saturated heterocycles. The molecule has 0 spiro atoms. The number of ether oxygens (including phenoxy) is 1. The number of halogens is 2. The molecular weight excluding hydrogens is 392 g/mol. The van der Waals surface area contributed by atoms with Crippen LogP contribution in [0.25, 0.3) is 5.65 Å². The van der Waals surface area contributed by atoms with Crippen molar-refractivity contribution in [3.8, 4) is 5.75 Å². The summed E-state index contributed by atoms with van der Waals surface area (Å²) in [5, 5.41) is 0. The Morgan fingerprint density at radius 3 is 2.47 bits per heavy atom. The predicted octanol–water partition coefficient (Wildman–Crippen LogP) is 4.53. The normalized spacial score (nSPS) is 11.2. The van der Waals surface area contributed by atoms with Crippen LogP contribution in [0.1, 0.15) is 39.1 Å². The van der Waals surface area contributed by atoms with Gasteiger partial charge in [0.1, 0.15) is 29.7 Å². The second-order valence-corrected chi connectivity index (χ2v) is 6.95. The van der Waals surface area contributed by atoms with Crippen molar-refractivity contribution in [1.82, 2.24) is 14.4 Å². The number of aryl methyl sites for hydroxylation is 3. The molecule has 0 fully saturated rings. The molecule has 0 saturated carbocycles. The van der Waals surface area contributed by atoms with E-state index in [1.807, 2.05) is 6.92 Å². The van der Waals surface area contributed by atoms with Crippen LogP contribution >= 0.6 is 0 Å². The van der Waals surface area contributed by atoms with E-state index in [4.69, 9.17) is 9.15 Å². The monoisotopic (exact) mass is 411 g/mol. The largest absolute Gasteiger partial charge is 0.485 e. The molecule has 3 heterocycles. The number of aromatic nitrogens is 3. The summed E-state index contributed by atoms with van der Waals surface area (Å²) in [7, 11) is 0. The van der Waals surface area contributed by atoms with Crippen molar-refractivity contribution in [2.24, 2.45) is 0 Å². The van der Waals surface area contributed by atoms with E-state index in [-0.39, 0.29) is 24.4 Å². The molecule has 4 aromatic rings. The van der Waals surface area contributed by atoms with Gasteiger partial charge in [0.25, 0.3) is 0 Å². The van der Waals surface area contributed by atoms with Crippen LogP contribution in [0.5, 0.6) is 5.75 Å². The van der Waals surface area contributed by atoms with Crippen molar-refractivity contribution in [2.45, 2.75) is 33.8 Å². The molecule has 30 heavy (non-hydrogen) atoms. The highest BCUT2D eigenvalue weighted by Crippen LogP contribution is 2.25. The fourth-order valence-corrected chi connectivity index (χ4v) is 3.26. The van der Waals surface area contributed by atoms with E-state index in [0.29, 0.717) is 34.4 Å². The zero-order valence-corrected chi connectivity index (χ0v) is 16.7. The molecule has 0 amide bonds. The quantitative estimate of drug-likeness (QED) is 0.436. The van der Waals surface area contributed by atoms with E-state index in [1.165, 1.54) is 18.2 Å².